The van der Waals surface area contributed by atoms with Crippen molar-refractivity contribution in [3.63, 3.8) is 0 Å². The van der Waals surface area contributed by atoms with Crippen LogP contribution in [0.1, 0.15) is 41.9 Å². The Labute approximate surface area is 171 Å². The lowest BCUT2D eigenvalue weighted by molar-refractivity contribution is -0.150. The Morgan fingerprint density at radius 3 is 2.48 bits per heavy atom. The van der Waals surface area contributed by atoms with Gasteiger partial charge in [-0.2, -0.15) is 0 Å². The van der Waals surface area contributed by atoms with Crippen molar-refractivity contribution in [2.75, 3.05) is 6.54 Å². The molecule has 0 spiro atoms. The van der Waals surface area contributed by atoms with Gasteiger partial charge >= 0.3 is 0 Å². The molecule has 5 heteroatoms. The van der Waals surface area contributed by atoms with E-state index in [9.17, 15) is 4.79 Å². The summed E-state index contributed by atoms with van der Waals surface area (Å²) in [6.45, 7) is 1.11. The van der Waals surface area contributed by atoms with Gasteiger partial charge in [-0.1, -0.05) is 54.6 Å². The summed E-state index contributed by atoms with van der Waals surface area (Å²) >= 11 is 0. The lowest BCUT2D eigenvalue weighted by Crippen LogP contribution is -2.33. The Bertz CT molecular complexity index is 843. The molecule has 2 aromatic rings. The number of aliphatic hydroxyl groups is 1. The van der Waals surface area contributed by atoms with Crippen molar-refractivity contribution in [1.82, 2.24) is 5.32 Å². The van der Waals surface area contributed by atoms with E-state index < -0.39 is 6.29 Å². The van der Waals surface area contributed by atoms with Crippen molar-refractivity contribution < 1.29 is 19.4 Å². The fourth-order valence-electron chi connectivity index (χ4n) is 3.43. The second kappa shape index (κ2) is 9.25. The molecule has 1 saturated carbocycles. The molecule has 1 fully saturated rings. The summed E-state index contributed by atoms with van der Waals surface area (Å²) in [5, 5.41) is 12.1. The summed E-state index contributed by atoms with van der Waals surface area (Å²) in [7, 11) is 0. The second-order valence-corrected chi connectivity index (χ2v) is 7.77. The fourth-order valence-corrected chi connectivity index (χ4v) is 3.43. The highest BCUT2D eigenvalue weighted by atomic mass is 16.7. The number of amides is 1. The summed E-state index contributed by atoms with van der Waals surface area (Å²) in [6, 6.07) is 17.7. The van der Waals surface area contributed by atoms with Crippen LogP contribution < -0.4 is 5.32 Å². The molecule has 0 unspecified atom stereocenters. The molecule has 0 saturated heterocycles. The molecule has 2 aliphatic rings. The van der Waals surface area contributed by atoms with Gasteiger partial charge in [-0.15, -0.1) is 0 Å². The summed E-state index contributed by atoms with van der Waals surface area (Å²) in [6.07, 6.45) is 4.44. The minimum absolute atomic E-state index is 0.0236. The Kier molecular flexibility index (Phi) is 6.27. The molecule has 1 heterocycles. The van der Waals surface area contributed by atoms with Gasteiger partial charge in [0.05, 0.1) is 13.2 Å². The Balaban J connectivity index is 1.43. The van der Waals surface area contributed by atoms with E-state index in [1.165, 1.54) is 12.8 Å². The molecule has 4 rings (SSSR count). The highest BCUT2D eigenvalue weighted by molar-refractivity contribution is 5.91. The highest BCUT2D eigenvalue weighted by Gasteiger charge is 2.30. The van der Waals surface area contributed by atoms with Gasteiger partial charge in [0.2, 0.25) is 6.29 Å². The molecule has 29 heavy (non-hydrogen) atoms. The standard InChI is InChI=1S/C24H27NO4/c26-15-18-8-10-19(11-9-18)16-28-23-13-21(20-4-2-1-3-5-20)12-22(29-23)24(27)25-14-17-6-7-17/h1-5,8-12,17,21,23,26H,6-7,13-16H2,(H,25,27)/t21-,23+/m0/s1. The van der Waals surface area contributed by atoms with Gasteiger partial charge in [-0.3, -0.25) is 4.79 Å². The van der Waals surface area contributed by atoms with Crippen LogP contribution in [0.3, 0.4) is 0 Å². The number of hydrogen-bond donors (Lipinski definition) is 2. The third kappa shape index (κ3) is 5.46. The topological polar surface area (TPSA) is 67.8 Å². The van der Waals surface area contributed by atoms with Gasteiger partial charge in [0.15, 0.2) is 5.76 Å². The molecule has 2 atom stereocenters. The zero-order chi connectivity index (χ0) is 20.1. The van der Waals surface area contributed by atoms with Crippen LogP contribution in [-0.4, -0.2) is 23.8 Å². The number of carbonyl (C=O) groups is 1. The summed E-state index contributed by atoms with van der Waals surface area (Å²) < 4.78 is 11.9. The van der Waals surface area contributed by atoms with Gasteiger partial charge in [0.1, 0.15) is 0 Å². The molecule has 152 valence electrons. The van der Waals surface area contributed by atoms with Crippen molar-refractivity contribution in [2.45, 2.75) is 44.7 Å². The molecule has 1 aliphatic heterocycles. The number of hydrogen-bond acceptors (Lipinski definition) is 4. The van der Waals surface area contributed by atoms with E-state index in [4.69, 9.17) is 14.6 Å². The SMILES string of the molecule is O=C(NCC1CC1)C1=C[C@H](c2ccccc2)C[C@H](OCc2ccc(CO)cc2)O1. The van der Waals surface area contributed by atoms with Crippen molar-refractivity contribution in [2.24, 2.45) is 5.92 Å². The first kappa shape index (κ1) is 19.7. The third-order valence-electron chi connectivity index (χ3n) is 5.40. The Morgan fingerprint density at radius 2 is 1.79 bits per heavy atom. The quantitative estimate of drug-likeness (QED) is 0.719. The zero-order valence-corrected chi connectivity index (χ0v) is 16.4. The van der Waals surface area contributed by atoms with Crippen molar-refractivity contribution in [1.29, 1.82) is 0 Å². The minimum Gasteiger partial charge on any atom is -0.459 e. The van der Waals surface area contributed by atoms with E-state index in [0.717, 1.165) is 16.7 Å². The van der Waals surface area contributed by atoms with E-state index >= 15 is 0 Å². The predicted molar refractivity (Wildman–Crippen MR) is 110 cm³/mol. The maximum Gasteiger partial charge on any atom is 0.286 e. The molecule has 1 aliphatic carbocycles. The van der Waals surface area contributed by atoms with E-state index in [2.05, 4.69) is 17.4 Å². The van der Waals surface area contributed by atoms with E-state index in [1.807, 2.05) is 48.5 Å². The summed E-state index contributed by atoms with van der Waals surface area (Å²) in [5.74, 6) is 0.847. The average molecular weight is 393 g/mol. The number of ether oxygens (including phenoxy) is 2. The third-order valence-corrected chi connectivity index (χ3v) is 5.40. The number of allylic oxidation sites excluding steroid dienone is 1. The Morgan fingerprint density at radius 1 is 1.07 bits per heavy atom. The summed E-state index contributed by atoms with van der Waals surface area (Å²) in [5.41, 5.74) is 3.00. The first-order chi connectivity index (χ1) is 14.2. The van der Waals surface area contributed by atoms with E-state index in [-0.39, 0.29) is 18.4 Å². The predicted octanol–water partition coefficient (Wildman–Crippen LogP) is 3.64. The largest absolute Gasteiger partial charge is 0.459 e. The molecule has 0 bridgehead atoms. The van der Waals surface area contributed by atoms with Gasteiger partial charge in [0, 0.05) is 18.9 Å². The van der Waals surface area contributed by atoms with Crippen LogP contribution in [0.2, 0.25) is 0 Å². The van der Waals surface area contributed by atoms with Gasteiger partial charge in [0.25, 0.3) is 5.91 Å². The van der Waals surface area contributed by atoms with Gasteiger partial charge in [-0.05, 0) is 41.5 Å². The molecular formula is C24H27NO4. The van der Waals surface area contributed by atoms with Crippen molar-refractivity contribution >= 4 is 5.91 Å². The van der Waals surface area contributed by atoms with Gasteiger partial charge in [-0.25, -0.2) is 0 Å². The lowest BCUT2D eigenvalue weighted by atomic mass is 9.93. The minimum atomic E-state index is -0.496. The van der Waals surface area contributed by atoms with Crippen LogP contribution in [0.5, 0.6) is 0 Å². The summed E-state index contributed by atoms with van der Waals surface area (Å²) in [4.78, 5) is 12.6. The average Bonchev–Trinajstić information content (AvgIpc) is 3.61. The van der Waals surface area contributed by atoms with Gasteiger partial charge < -0.3 is 19.9 Å². The molecule has 5 nitrogen and oxygen atoms in total. The maximum absolute atomic E-state index is 12.6. The molecule has 1 amide bonds. The van der Waals surface area contributed by atoms with Crippen molar-refractivity contribution in [3.05, 3.63) is 83.1 Å². The lowest BCUT2D eigenvalue weighted by Gasteiger charge is -2.29. The number of carbonyl (C=O) groups excluding carboxylic acids is 1. The van der Waals surface area contributed by atoms with Crippen LogP contribution in [0, 0.1) is 5.92 Å². The number of rotatable bonds is 8. The van der Waals surface area contributed by atoms with Crippen molar-refractivity contribution in [3.8, 4) is 0 Å². The van der Waals surface area contributed by atoms with Crippen LogP contribution in [-0.2, 0) is 27.5 Å². The number of aliphatic hydroxyl groups excluding tert-OH is 1. The maximum atomic E-state index is 12.6. The van der Waals surface area contributed by atoms with Crippen LogP contribution in [0.15, 0.2) is 66.4 Å². The monoisotopic (exact) mass is 393 g/mol. The fraction of sp³-hybridized carbons (Fsp3) is 0.375. The second-order valence-electron chi connectivity index (χ2n) is 7.77. The number of benzene rings is 2. The smallest absolute Gasteiger partial charge is 0.286 e. The highest BCUT2D eigenvalue weighted by Crippen LogP contribution is 2.32. The molecule has 2 N–H and O–H groups in total. The molecule has 0 radical (unpaired) electrons. The van der Waals surface area contributed by atoms with Crippen LogP contribution in [0.4, 0.5) is 0 Å². The van der Waals surface area contributed by atoms with E-state index in [1.54, 1.807) is 0 Å². The molecular weight excluding hydrogens is 366 g/mol. The van der Waals surface area contributed by atoms with Crippen LogP contribution >= 0.6 is 0 Å². The first-order valence-corrected chi connectivity index (χ1v) is 10.2. The van der Waals surface area contributed by atoms with Crippen LogP contribution in [0.25, 0.3) is 0 Å². The number of nitrogens with one attached hydrogen (secondary N) is 1. The first-order valence-electron chi connectivity index (χ1n) is 10.2. The normalized spacial score (nSPS) is 21.2. The van der Waals surface area contributed by atoms with E-state index in [0.29, 0.717) is 31.2 Å². The Hall–Kier alpha value is -2.63. The molecule has 0 aromatic heterocycles. The zero-order valence-electron chi connectivity index (χ0n) is 16.4. The molecule has 2 aromatic carbocycles.